The molecule has 1 aliphatic rings. The molecule has 0 saturated carbocycles. The first-order chi connectivity index (χ1) is 14.4. The summed E-state index contributed by atoms with van der Waals surface area (Å²) in [6.45, 7) is 0.00947. The molecule has 0 fully saturated rings. The summed E-state index contributed by atoms with van der Waals surface area (Å²) in [6.07, 6.45) is -1.03. The van der Waals surface area contributed by atoms with Gasteiger partial charge in [-0.1, -0.05) is 42.5 Å². The van der Waals surface area contributed by atoms with Gasteiger partial charge in [-0.25, -0.2) is 12.8 Å². The lowest BCUT2D eigenvalue weighted by atomic mass is 10.2. The van der Waals surface area contributed by atoms with Crippen molar-refractivity contribution in [2.24, 2.45) is 0 Å². The fourth-order valence-electron chi connectivity index (χ4n) is 3.19. The number of hydrogen-bond acceptors (Lipinski definition) is 4. The Morgan fingerprint density at radius 2 is 1.67 bits per heavy atom. The van der Waals surface area contributed by atoms with Crippen molar-refractivity contribution in [2.75, 3.05) is 10.8 Å². The van der Waals surface area contributed by atoms with Gasteiger partial charge in [0.2, 0.25) is 0 Å². The number of carbonyl (C=O) groups excluding carboxylic acids is 1. The lowest BCUT2D eigenvalue weighted by Crippen LogP contribution is -2.50. The summed E-state index contributed by atoms with van der Waals surface area (Å²) < 4.78 is 46.5. The van der Waals surface area contributed by atoms with Crippen molar-refractivity contribution >= 4 is 21.6 Å². The number of fused-ring (bicyclic) bond motifs is 1. The van der Waals surface area contributed by atoms with Crippen LogP contribution in [0.15, 0.2) is 83.8 Å². The zero-order valence-electron chi connectivity index (χ0n) is 15.9. The smallest absolute Gasteiger partial charge is 0.264 e. The standard InChI is InChI=1S/C22H19FN2O4S/c23-17-12-10-16(11-13-17)14-24-22(26)21-15-25(19-8-4-5-9-20(19)29-21)30(27,28)18-6-2-1-3-7-18/h1-13,21H,14-15H2,(H,24,26)/t21-/m0/s1. The Labute approximate surface area is 174 Å². The van der Waals surface area contributed by atoms with E-state index in [4.69, 9.17) is 4.74 Å². The molecule has 4 rings (SSSR count). The molecule has 0 spiro atoms. The Hall–Kier alpha value is -3.39. The van der Waals surface area contributed by atoms with Crippen LogP contribution in [0.1, 0.15) is 5.56 Å². The molecule has 0 radical (unpaired) electrons. The summed E-state index contributed by atoms with van der Waals surface area (Å²) >= 11 is 0. The van der Waals surface area contributed by atoms with Crippen LogP contribution in [0.25, 0.3) is 0 Å². The molecule has 30 heavy (non-hydrogen) atoms. The van der Waals surface area contributed by atoms with Gasteiger partial charge in [0.05, 0.1) is 17.1 Å². The molecule has 6 nitrogen and oxygen atoms in total. The monoisotopic (exact) mass is 426 g/mol. The Morgan fingerprint density at radius 3 is 2.40 bits per heavy atom. The van der Waals surface area contributed by atoms with Crippen molar-refractivity contribution in [2.45, 2.75) is 17.5 Å². The highest BCUT2D eigenvalue weighted by molar-refractivity contribution is 7.92. The second-order valence-electron chi connectivity index (χ2n) is 6.77. The second-order valence-corrected chi connectivity index (χ2v) is 8.63. The fraction of sp³-hybridized carbons (Fsp3) is 0.136. The summed E-state index contributed by atoms with van der Waals surface area (Å²) in [4.78, 5) is 12.9. The third-order valence-electron chi connectivity index (χ3n) is 4.74. The number of carbonyl (C=O) groups is 1. The summed E-state index contributed by atoms with van der Waals surface area (Å²) in [5.74, 6) is -0.508. The summed E-state index contributed by atoms with van der Waals surface area (Å²) in [7, 11) is -3.88. The maximum atomic E-state index is 13.2. The van der Waals surface area contributed by atoms with Crippen LogP contribution in [0.3, 0.4) is 0 Å². The van der Waals surface area contributed by atoms with Gasteiger partial charge in [-0.05, 0) is 42.0 Å². The van der Waals surface area contributed by atoms with Gasteiger partial charge in [-0.3, -0.25) is 9.10 Å². The number of benzene rings is 3. The van der Waals surface area contributed by atoms with Crippen LogP contribution in [0.2, 0.25) is 0 Å². The Morgan fingerprint density at radius 1 is 1.00 bits per heavy atom. The lowest BCUT2D eigenvalue weighted by molar-refractivity contribution is -0.127. The molecule has 0 saturated heterocycles. The molecule has 8 heteroatoms. The van der Waals surface area contributed by atoms with E-state index >= 15 is 0 Å². The summed E-state index contributed by atoms with van der Waals surface area (Å²) in [5, 5.41) is 2.72. The van der Waals surface area contributed by atoms with E-state index < -0.39 is 22.0 Å². The van der Waals surface area contributed by atoms with E-state index in [0.29, 0.717) is 11.4 Å². The van der Waals surface area contributed by atoms with E-state index in [1.54, 1.807) is 54.6 Å². The van der Waals surface area contributed by atoms with E-state index in [1.807, 2.05) is 0 Å². The minimum Gasteiger partial charge on any atom is -0.476 e. The Bertz CT molecular complexity index is 1150. The van der Waals surface area contributed by atoms with Crippen LogP contribution in [-0.2, 0) is 21.4 Å². The fourth-order valence-corrected chi connectivity index (χ4v) is 4.69. The van der Waals surface area contributed by atoms with Crippen LogP contribution in [0, 0.1) is 5.82 Å². The molecule has 1 aliphatic heterocycles. The van der Waals surface area contributed by atoms with Crippen LogP contribution in [0.4, 0.5) is 10.1 Å². The number of halogens is 1. The third-order valence-corrected chi connectivity index (χ3v) is 6.53. The first-order valence-electron chi connectivity index (χ1n) is 9.31. The van der Waals surface area contributed by atoms with Gasteiger partial charge in [-0.15, -0.1) is 0 Å². The summed E-state index contributed by atoms with van der Waals surface area (Å²) in [6, 6.07) is 20.5. The second kappa shape index (κ2) is 8.16. The van der Waals surface area contributed by atoms with Gasteiger partial charge in [0.25, 0.3) is 15.9 Å². The Kier molecular flexibility index (Phi) is 5.41. The molecular formula is C22H19FN2O4S. The number of hydrogen-bond donors (Lipinski definition) is 1. The van der Waals surface area contributed by atoms with Crippen molar-refractivity contribution in [3.05, 3.63) is 90.2 Å². The number of sulfonamides is 1. The quantitative estimate of drug-likeness (QED) is 0.680. The van der Waals surface area contributed by atoms with Gasteiger partial charge < -0.3 is 10.1 Å². The predicted octanol–water partition coefficient (Wildman–Crippen LogP) is 3.10. The van der Waals surface area contributed by atoms with Gasteiger partial charge in [0.15, 0.2) is 6.10 Å². The van der Waals surface area contributed by atoms with E-state index in [0.717, 1.165) is 5.56 Å². The maximum absolute atomic E-state index is 13.2. The molecule has 0 bridgehead atoms. The van der Waals surface area contributed by atoms with Crippen molar-refractivity contribution < 1.29 is 22.3 Å². The van der Waals surface area contributed by atoms with E-state index in [9.17, 15) is 17.6 Å². The highest BCUT2D eigenvalue weighted by atomic mass is 32.2. The third kappa shape index (κ3) is 3.99. The molecule has 1 amide bonds. The van der Waals surface area contributed by atoms with E-state index in [1.165, 1.54) is 28.6 Å². The maximum Gasteiger partial charge on any atom is 0.264 e. The highest BCUT2D eigenvalue weighted by Crippen LogP contribution is 2.36. The molecule has 0 aliphatic carbocycles. The van der Waals surface area contributed by atoms with Crippen molar-refractivity contribution in [3.63, 3.8) is 0 Å². The lowest BCUT2D eigenvalue weighted by Gasteiger charge is -2.34. The normalized spacial score (nSPS) is 15.8. The molecule has 0 unspecified atom stereocenters. The molecule has 3 aromatic carbocycles. The number of ether oxygens (including phenoxy) is 1. The predicted molar refractivity (Wildman–Crippen MR) is 110 cm³/mol. The zero-order valence-corrected chi connectivity index (χ0v) is 16.7. The minimum absolute atomic E-state index is 0.132. The zero-order chi connectivity index (χ0) is 21.1. The van der Waals surface area contributed by atoms with Crippen molar-refractivity contribution in [1.82, 2.24) is 5.32 Å². The largest absolute Gasteiger partial charge is 0.476 e. The number of para-hydroxylation sites is 2. The number of nitrogens with zero attached hydrogens (tertiary/aromatic N) is 1. The minimum atomic E-state index is -3.88. The van der Waals surface area contributed by atoms with Crippen LogP contribution in [0.5, 0.6) is 5.75 Å². The van der Waals surface area contributed by atoms with Gasteiger partial charge in [0.1, 0.15) is 11.6 Å². The van der Waals surface area contributed by atoms with Gasteiger partial charge >= 0.3 is 0 Å². The van der Waals surface area contributed by atoms with Gasteiger partial charge in [-0.2, -0.15) is 0 Å². The molecule has 154 valence electrons. The van der Waals surface area contributed by atoms with Gasteiger partial charge in [0, 0.05) is 6.54 Å². The van der Waals surface area contributed by atoms with Crippen LogP contribution in [-0.4, -0.2) is 27.0 Å². The first-order valence-corrected chi connectivity index (χ1v) is 10.7. The summed E-state index contributed by atoms with van der Waals surface area (Å²) in [5.41, 5.74) is 1.10. The average Bonchev–Trinajstić information content (AvgIpc) is 2.78. The molecule has 1 N–H and O–H groups in total. The Balaban J connectivity index is 1.58. The SMILES string of the molecule is O=C(NCc1ccc(F)cc1)[C@@H]1CN(S(=O)(=O)c2ccccc2)c2ccccc2O1. The first kappa shape index (κ1) is 19.9. The van der Waals surface area contributed by atoms with Crippen molar-refractivity contribution in [3.8, 4) is 5.75 Å². The van der Waals surface area contributed by atoms with E-state index in [-0.39, 0.29) is 23.8 Å². The van der Waals surface area contributed by atoms with Crippen LogP contribution < -0.4 is 14.4 Å². The molecule has 0 aromatic heterocycles. The van der Waals surface area contributed by atoms with Crippen LogP contribution >= 0.6 is 0 Å². The molecule has 3 aromatic rings. The number of anilines is 1. The number of nitrogens with one attached hydrogen (secondary N) is 1. The van der Waals surface area contributed by atoms with Crippen molar-refractivity contribution in [1.29, 1.82) is 0 Å². The topological polar surface area (TPSA) is 75.7 Å². The highest BCUT2D eigenvalue weighted by Gasteiger charge is 2.37. The molecule has 1 atom stereocenters. The van der Waals surface area contributed by atoms with E-state index in [2.05, 4.69) is 5.32 Å². The number of amides is 1. The molecular weight excluding hydrogens is 407 g/mol. The molecule has 1 heterocycles. The average molecular weight is 426 g/mol. The number of rotatable bonds is 5.